The average Bonchev–Trinajstić information content (AvgIpc) is 3.16. The molecule has 0 fully saturated rings. The van der Waals surface area contributed by atoms with Crippen LogP contribution >= 0.6 is 0 Å². The number of aromatic nitrogens is 3. The van der Waals surface area contributed by atoms with Crippen LogP contribution in [0.3, 0.4) is 0 Å². The Hall–Kier alpha value is -5.28. The third kappa shape index (κ3) is 7.33. The van der Waals surface area contributed by atoms with Gasteiger partial charge in [-0.25, -0.2) is 0 Å². The molecule has 50 heavy (non-hydrogen) atoms. The van der Waals surface area contributed by atoms with Gasteiger partial charge in [0.05, 0.1) is 5.52 Å². The zero-order valence-corrected chi connectivity index (χ0v) is 31.0. The Bertz CT molecular complexity index is 2330. The Labute approximate surface area is 308 Å². The number of fused-ring (bicyclic) bond motifs is 3. The monoisotopic (exact) mass is 824 g/mol. The zero-order chi connectivity index (χ0) is 33.7. The normalized spacial score (nSPS) is 10.8. The molecule has 0 saturated carbocycles. The van der Waals surface area contributed by atoms with E-state index < -0.39 is 0 Å². The van der Waals surface area contributed by atoms with Crippen LogP contribution < -0.4 is 0 Å². The molecule has 3 nitrogen and oxygen atoms in total. The summed E-state index contributed by atoms with van der Waals surface area (Å²) in [7, 11) is 0. The van der Waals surface area contributed by atoms with Crippen LogP contribution in [-0.4, -0.2) is 15.0 Å². The minimum absolute atomic E-state index is 0. The van der Waals surface area contributed by atoms with Gasteiger partial charge in [0.15, 0.2) is 0 Å². The van der Waals surface area contributed by atoms with Gasteiger partial charge in [0.1, 0.15) is 0 Å². The molecule has 0 aliphatic heterocycles. The Kier molecular flexibility index (Phi) is 10.7. The number of hydrogen-bond acceptors (Lipinski definition) is 3. The van der Waals surface area contributed by atoms with Crippen molar-refractivity contribution in [2.24, 2.45) is 0 Å². The van der Waals surface area contributed by atoms with Gasteiger partial charge in [0, 0.05) is 44.1 Å². The predicted molar refractivity (Wildman–Crippen MR) is 204 cm³/mol. The molecule has 0 aliphatic rings. The molecule has 0 atom stereocenters. The van der Waals surface area contributed by atoms with Crippen molar-refractivity contribution in [1.29, 1.82) is 0 Å². The molecule has 0 saturated heterocycles. The van der Waals surface area contributed by atoms with Crippen molar-refractivity contribution in [3.8, 4) is 44.8 Å². The first-order chi connectivity index (χ1) is 24.0. The summed E-state index contributed by atoms with van der Waals surface area (Å²) in [4.78, 5) is 13.5. The fraction of sp³-hybridized carbons (Fsp3) is 0.109. The minimum Gasteiger partial charge on any atom is -0.305 e. The van der Waals surface area contributed by atoms with Crippen molar-refractivity contribution >= 4 is 21.7 Å². The third-order valence-corrected chi connectivity index (χ3v) is 8.98. The number of hydrogen-bond donors (Lipinski definition) is 0. The molecule has 247 valence electrons. The Morgan fingerprint density at radius 3 is 1.90 bits per heavy atom. The Balaban J connectivity index is 0.000000281. The quantitative estimate of drug-likeness (QED) is 0.128. The van der Waals surface area contributed by atoms with Crippen molar-refractivity contribution < 1.29 is 20.1 Å². The largest absolute Gasteiger partial charge is 0.305 e. The first kappa shape index (κ1) is 34.6. The summed E-state index contributed by atoms with van der Waals surface area (Å²) in [6, 6.07) is 50.5. The Morgan fingerprint density at radius 1 is 0.500 bits per heavy atom. The Morgan fingerprint density at radius 2 is 1.20 bits per heavy atom. The zero-order valence-electron chi connectivity index (χ0n) is 28.6. The fourth-order valence-corrected chi connectivity index (χ4v) is 6.41. The molecular weight excluding hydrogens is 787 g/mol. The fourth-order valence-electron chi connectivity index (χ4n) is 6.41. The molecular formula is C46H37IrN3-2. The van der Waals surface area contributed by atoms with Crippen molar-refractivity contribution in [1.82, 2.24) is 15.0 Å². The van der Waals surface area contributed by atoms with Crippen molar-refractivity contribution in [3.63, 3.8) is 0 Å². The molecule has 0 spiro atoms. The summed E-state index contributed by atoms with van der Waals surface area (Å²) in [5.41, 5.74) is 13.7. The van der Waals surface area contributed by atoms with Crippen LogP contribution in [0.2, 0.25) is 0 Å². The minimum atomic E-state index is 0. The van der Waals surface area contributed by atoms with E-state index in [0.29, 0.717) is 5.92 Å². The van der Waals surface area contributed by atoms with Crippen molar-refractivity contribution in [2.75, 3.05) is 0 Å². The van der Waals surface area contributed by atoms with Crippen LogP contribution in [0.25, 0.3) is 66.4 Å². The molecule has 3 heterocycles. The smallest absolute Gasteiger partial charge is 0.0714 e. The molecule has 0 aliphatic carbocycles. The summed E-state index contributed by atoms with van der Waals surface area (Å²) >= 11 is 0. The van der Waals surface area contributed by atoms with Gasteiger partial charge in [-0.1, -0.05) is 68.4 Å². The molecule has 0 bridgehead atoms. The van der Waals surface area contributed by atoms with Gasteiger partial charge in [-0.3, -0.25) is 4.98 Å². The van der Waals surface area contributed by atoms with Crippen LogP contribution in [-0.2, 0) is 20.1 Å². The summed E-state index contributed by atoms with van der Waals surface area (Å²) < 4.78 is 0. The van der Waals surface area contributed by atoms with Crippen LogP contribution in [0.4, 0.5) is 0 Å². The van der Waals surface area contributed by atoms with Crippen LogP contribution in [0.15, 0.2) is 146 Å². The molecule has 8 rings (SSSR count). The van der Waals surface area contributed by atoms with Crippen molar-refractivity contribution in [2.45, 2.75) is 33.6 Å². The van der Waals surface area contributed by atoms with Gasteiger partial charge in [-0.15, -0.1) is 71.3 Å². The average molecular weight is 824 g/mol. The second kappa shape index (κ2) is 15.5. The van der Waals surface area contributed by atoms with Crippen molar-refractivity contribution in [3.05, 3.63) is 175 Å². The molecule has 8 aromatic rings. The van der Waals surface area contributed by atoms with E-state index in [-0.39, 0.29) is 20.1 Å². The predicted octanol–water partition coefficient (Wildman–Crippen LogP) is 11.9. The third-order valence-electron chi connectivity index (χ3n) is 8.98. The van der Waals surface area contributed by atoms with E-state index >= 15 is 0 Å². The van der Waals surface area contributed by atoms with Gasteiger partial charge in [0.2, 0.25) is 0 Å². The van der Waals surface area contributed by atoms with Gasteiger partial charge >= 0.3 is 0 Å². The second-order valence-electron chi connectivity index (χ2n) is 12.6. The molecule has 4 heteroatoms. The number of aryl methyl sites for hydroxylation is 2. The maximum atomic E-state index is 4.74. The molecule has 3 aromatic heterocycles. The first-order valence-corrected chi connectivity index (χ1v) is 16.7. The molecule has 5 aromatic carbocycles. The molecule has 0 N–H and O–H groups in total. The summed E-state index contributed by atoms with van der Waals surface area (Å²) in [6.45, 7) is 8.92. The standard InChI is InChI=1S/C35H29N2.C11H8N.Ir/c1-22(2)25-13-14-28-29-11-8-16-37-35(29)21-33(32(28)19-25)31-20-30(23(3)17-24(31)4)26-9-7-10-27(18-26)34-12-5-6-15-36-34;1-2-6-10(7-3-1)11-8-4-5-9-12-11;/h5-9,11-22H,1-4H3;1-6,8-9H;/q2*-1;. The number of benzene rings is 5. The van der Waals surface area contributed by atoms with Crippen LogP contribution in [0, 0.1) is 26.0 Å². The second-order valence-corrected chi connectivity index (χ2v) is 12.6. The number of pyridine rings is 3. The maximum absolute atomic E-state index is 4.74. The molecule has 0 unspecified atom stereocenters. The number of nitrogens with zero attached hydrogens (tertiary/aromatic N) is 3. The van der Waals surface area contributed by atoms with E-state index in [4.69, 9.17) is 4.98 Å². The summed E-state index contributed by atoms with van der Waals surface area (Å²) in [6.07, 6.45) is 5.50. The van der Waals surface area contributed by atoms with E-state index in [9.17, 15) is 0 Å². The number of rotatable bonds is 5. The maximum Gasteiger partial charge on any atom is 0.0714 e. The van der Waals surface area contributed by atoms with E-state index in [1.165, 1.54) is 55.1 Å². The first-order valence-electron chi connectivity index (χ1n) is 16.7. The van der Waals surface area contributed by atoms with Gasteiger partial charge in [0.25, 0.3) is 0 Å². The topological polar surface area (TPSA) is 38.7 Å². The summed E-state index contributed by atoms with van der Waals surface area (Å²) in [5, 5.41) is 3.72. The van der Waals surface area contributed by atoms with E-state index in [2.05, 4.69) is 104 Å². The van der Waals surface area contributed by atoms with Gasteiger partial charge < -0.3 is 9.97 Å². The molecule has 0 amide bonds. The van der Waals surface area contributed by atoms with E-state index in [1.807, 2.05) is 85.2 Å². The van der Waals surface area contributed by atoms with E-state index in [0.717, 1.165) is 28.0 Å². The van der Waals surface area contributed by atoms with Gasteiger partial charge in [-0.2, -0.15) is 0 Å². The SMILES string of the molecule is Cc1cc(C)c(-c2cc3ncccc3c3ccc(C(C)C)cc23)cc1-c1cc[c-]c(-c2ccccn2)c1.[Ir].[c-]1ccccc1-c1ccccn1. The molecule has 1 radical (unpaired) electrons. The van der Waals surface area contributed by atoms with Crippen LogP contribution in [0.5, 0.6) is 0 Å². The van der Waals surface area contributed by atoms with Gasteiger partial charge in [-0.05, 0) is 106 Å². The van der Waals surface area contributed by atoms with E-state index in [1.54, 1.807) is 6.20 Å². The van der Waals surface area contributed by atoms with Crippen LogP contribution in [0.1, 0.15) is 36.5 Å². The summed E-state index contributed by atoms with van der Waals surface area (Å²) in [5.74, 6) is 0.460.